The fourth-order valence-electron chi connectivity index (χ4n) is 3.50. The van der Waals surface area contributed by atoms with Crippen LogP contribution in [0.3, 0.4) is 0 Å². The van der Waals surface area contributed by atoms with Gasteiger partial charge in [-0.15, -0.1) is 10.2 Å². The summed E-state index contributed by atoms with van der Waals surface area (Å²) in [4.78, 5) is 0. The first kappa shape index (κ1) is 94.5. The molecular formula is C53H88Ag2ClNO4SSi8Ti2. The summed E-state index contributed by atoms with van der Waals surface area (Å²) in [5.74, 6) is 0. The zero-order valence-electron chi connectivity index (χ0n) is 48.2. The van der Waals surface area contributed by atoms with Crippen LogP contribution in [0.1, 0.15) is 0 Å². The van der Waals surface area contributed by atoms with Crippen LogP contribution in [0.5, 0.6) is 0 Å². The van der Waals surface area contributed by atoms with Gasteiger partial charge in [-0.3, -0.25) is 0 Å². The molecule has 0 aliphatic rings. The predicted octanol–water partition coefficient (Wildman–Crippen LogP) is 8.87. The first-order valence-electron chi connectivity index (χ1n) is 22.4. The van der Waals surface area contributed by atoms with Crippen LogP contribution in [0.25, 0.3) is 0 Å². The van der Waals surface area contributed by atoms with E-state index in [1.54, 1.807) is 20.7 Å². The molecule has 0 aromatic heterocycles. The summed E-state index contributed by atoms with van der Waals surface area (Å²) >= 11 is 3.70. The molecule has 0 amide bonds. The zero-order chi connectivity index (χ0) is 55.7. The Bertz CT molecular complexity index is 1730. The van der Waals surface area contributed by atoms with Crippen molar-refractivity contribution < 1.29 is 117 Å². The zero-order valence-corrected chi connectivity index (χ0v) is 63.9. The van der Waals surface area contributed by atoms with Gasteiger partial charge in [-0.2, -0.15) is 71.0 Å². The Hall–Kier alpha value is 0.124. The van der Waals surface area contributed by atoms with Crippen molar-refractivity contribution in [2.24, 2.45) is 0 Å². The maximum atomic E-state index is 8.49. The Morgan fingerprint density at radius 3 is 0.667 bits per heavy atom. The molecule has 72 heavy (non-hydrogen) atoms. The topological polar surface area (TPSA) is 116 Å². The third kappa shape index (κ3) is 81.5. The fraction of sp³-hybridized carbons (Fsp3) is 0.453. The van der Waals surface area contributed by atoms with Gasteiger partial charge < -0.3 is 60.5 Å². The fourth-order valence-corrected chi connectivity index (χ4v) is 8.27. The Balaban J connectivity index is -0.0000000746. The second kappa shape index (κ2) is 46.1. The van der Waals surface area contributed by atoms with Gasteiger partial charge in [0.05, 0.1) is 48.4 Å². The van der Waals surface area contributed by atoms with Gasteiger partial charge in [-0.1, -0.05) is 163 Å². The van der Waals surface area contributed by atoms with Gasteiger partial charge in [-0.25, -0.2) is 70.7 Å². The average molecular weight is 1410 g/mol. The average Bonchev–Trinajstić information content (AvgIpc) is 3.99. The normalized spacial score (nSPS) is 10.3. The summed E-state index contributed by atoms with van der Waals surface area (Å²) in [6.45, 7) is 53.4. The SMILES string of the molecule is C[Si](C)(C)c1cc[cH-]c1.C[Si](C)(C)c1cc[cH-]c1.C[Si](C)(C)c1ccc[cH-]1.C[Si](C)(C)c1ccc[cH-]1.N#C[S-].[Ag+].[Ag+].[C-]#C[Si](C)(C)C.[C-]#C[Si](C)(C)C.[C-]#C[Si](C)(C)C.[C-]#C[Si](C)(C)C.[O-][Cl+3]([O-])([O-])[O-].[Ti+4].[Ti+4]. The Morgan fingerprint density at radius 1 is 0.431 bits per heavy atom. The molecule has 19 heteroatoms. The van der Waals surface area contributed by atoms with E-state index in [0.717, 1.165) is 0 Å². The Labute approximate surface area is 521 Å². The van der Waals surface area contributed by atoms with Crippen LogP contribution in [0.15, 0.2) is 97.1 Å². The van der Waals surface area contributed by atoms with Crippen LogP contribution in [0.2, 0.25) is 157 Å². The minimum absolute atomic E-state index is 0. The van der Waals surface area contributed by atoms with E-state index in [1.807, 2.05) is 0 Å². The van der Waals surface area contributed by atoms with Crippen LogP contribution in [0.4, 0.5) is 0 Å². The van der Waals surface area contributed by atoms with Gasteiger partial charge >= 0.3 is 88.2 Å². The van der Waals surface area contributed by atoms with Crippen LogP contribution in [-0.2, 0) is 101 Å². The second-order valence-corrected chi connectivity index (χ2v) is 63.9. The van der Waals surface area contributed by atoms with Crippen LogP contribution < -0.4 is 39.4 Å². The molecule has 0 saturated carbocycles. The van der Waals surface area contributed by atoms with Crippen molar-refractivity contribution >= 4 is 98.0 Å². The van der Waals surface area contributed by atoms with Gasteiger partial charge in [0, 0.05) is 16.1 Å². The van der Waals surface area contributed by atoms with Crippen molar-refractivity contribution in [1.82, 2.24) is 0 Å². The summed E-state index contributed by atoms with van der Waals surface area (Å²) in [7, 11) is -13.7. The molecule has 0 radical (unpaired) electrons. The van der Waals surface area contributed by atoms with E-state index in [1.165, 1.54) is 5.40 Å². The standard InChI is InChI=1S/4C8H13Si.4C5H9Si.CHNS.2Ag.ClHO4.2Ti/c4*1-9(2,3)8-6-4-5-7-8;4*1-5-6(2,3)4;2-1-3;;;2-1(3,4)5;;/h4*4-7H,1-3H3;4*2-4H3;3H;;;(H,2,3,4,5);;/q8*-1;;2*+1;;2*+4/p-2. The summed E-state index contributed by atoms with van der Waals surface area (Å²) in [5, 5.41) is 14.7. The minimum Gasteiger partial charge on any atom is -0.701 e. The largest absolute Gasteiger partial charge is 4.00 e. The number of nitrogens with zero attached hydrogens (tertiary/aromatic N) is 1. The van der Waals surface area contributed by atoms with Crippen molar-refractivity contribution in [3.05, 3.63) is 123 Å². The molecule has 0 heterocycles. The molecule has 4 aromatic carbocycles. The molecule has 0 unspecified atom stereocenters. The Morgan fingerprint density at radius 2 is 0.611 bits per heavy atom. The molecule has 4 rings (SSSR count). The number of rotatable bonds is 4. The molecule has 0 N–H and O–H groups in total. The molecular weight excluding hydrogens is 1320 g/mol. The van der Waals surface area contributed by atoms with Crippen molar-refractivity contribution in [3.63, 3.8) is 0 Å². The van der Waals surface area contributed by atoms with Gasteiger partial charge in [0.2, 0.25) is 0 Å². The Kier molecular flexibility index (Phi) is 60.5. The molecule has 0 spiro atoms. The summed E-state index contributed by atoms with van der Waals surface area (Å²) in [6.07, 6.45) is 26.7. The molecule has 0 aliphatic carbocycles. The first-order valence-corrected chi connectivity index (χ1v) is 52.0. The van der Waals surface area contributed by atoms with Crippen molar-refractivity contribution in [2.75, 3.05) is 0 Å². The summed E-state index contributed by atoms with van der Waals surface area (Å²) < 4.78 is 34.0. The van der Waals surface area contributed by atoms with E-state index < -0.39 is 74.8 Å². The maximum absolute atomic E-state index is 8.49. The quantitative estimate of drug-likeness (QED) is 0.0664. The molecule has 0 fully saturated rings. The maximum Gasteiger partial charge on any atom is 4.00 e. The van der Waals surface area contributed by atoms with Crippen LogP contribution >= 0.6 is 0 Å². The molecule has 4 aromatic rings. The first-order chi connectivity index (χ1) is 30.1. The van der Waals surface area contributed by atoms with Gasteiger partial charge in [0.15, 0.2) is 0 Å². The monoisotopic (exact) mass is 1400 g/mol. The number of hydrogen-bond acceptors (Lipinski definition) is 6. The smallest absolute Gasteiger partial charge is 0.701 e. The van der Waals surface area contributed by atoms with E-state index in [-0.39, 0.29) is 88.2 Å². The number of thiocyanates is 1. The van der Waals surface area contributed by atoms with Crippen molar-refractivity contribution in [2.45, 2.75) is 157 Å². The van der Waals surface area contributed by atoms with E-state index in [9.17, 15) is 0 Å². The van der Waals surface area contributed by atoms with E-state index >= 15 is 0 Å². The number of nitriles is 1. The van der Waals surface area contributed by atoms with E-state index in [0.29, 0.717) is 0 Å². The van der Waals surface area contributed by atoms with Crippen LogP contribution in [-0.4, -0.2) is 64.6 Å². The van der Waals surface area contributed by atoms with Gasteiger partial charge in [-0.05, 0) is 0 Å². The van der Waals surface area contributed by atoms with E-state index in [2.05, 4.69) is 289 Å². The number of hydrogen-bond donors (Lipinski definition) is 0. The third-order valence-electron chi connectivity index (χ3n) is 7.61. The minimum atomic E-state index is -4.94. The van der Waals surface area contributed by atoms with Crippen molar-refractivity contribution in [1.29, 1.82) is 5.26 Å². The summed E-state index contributed by atoms with van der Waals surface area (Å²) in [6, 6.07) is 34.8. The van der Waals surface area contributed by atoms with Gasteiger partial charge in [0.25, 0.3) is 0 Å². The van der Waals surface area contributed by atoms with Gasteiger partial charge in [0.1, 0.15) is 0 Å². The van der Waals surface area contributed by atoms with Crippen LogP contribution in [0, 0.1) is 68.8 Å². The molecule has 404 valence electrons. The molecule has 0 saturated heterocycles. The molecule has 5 nitrogen and oxygen atoms in total. The van der Waals surface area contributed by atoms with E-state index in [4.69, 9.17) is 49.6 Å². The third-order valence-corrected chi connectivity index (χ3v) is 18.9. The van der Waals surface area contributed by atoms with Crippen molar-refractivity contribution in [3.8, 4) is 27.6 Å². The molecule has 0 aliphatic heterocycles. The summed E-state index contributed by atoms with van der Waals surface area (Å²) in [5.41, 5.74) is 9.97. The molecule has 0 atom stereocenters. The second-order valence-electron chi connectivity index (χ2n) is 23.7. The predicted molar refractivity (Wildman–Crippen MR) is 315 cm³/mol. The molecule has 0 bridgehead atoms. The number of halogens is 1.